The molecule has 0 atom stereocenters. The highest BCUT2D eigenvalue weighted by Gasteiger charge is 2.32. The van der Waals surface area contributed by atoms with E-state index in [0.29, 0.717) is 48.9 Å². The zero-order chi connectivity index (χ0) is 22.0. The maximum absolute atomic E-state index is 14.4. The Morgan fingerprint density at radius 3 is 2.74 bits per heavy atom. The molecule has 162 valence electrons. The van der Waals surface area contributed by atoms with Crippen LogP contribution in [0.15, 0.2) is 34.9 Å². The molecule has 2 aromatic heterocycles. The number of carbonyl (C=O) groups is 1. The number of rotatable bonds is 8. The van der Waals surface area contributed by atoms with Crippen LogP contribution in [-0.4, -0.2) is 44.2 Å². The maximum atomic E-state index is 14.4. The average molecular weight is 424 g/mol. The molecule has 0 unspecified atom stereocenters. The lowest BCUT2D eigenvalue weighted by atomic mass is 10.0. The number of aliphatic carboxylic acids is 1. The summed E-state index contributed by atoms with van der Waals surface area (Å²) in [6, 6.07) is 8.69. The first-order valence-electron chi connectivity index (χ1n) is 10.5. The Bertz CT molecular complexity index is 1090. The zero-order valence-corrected chi connectivity index (χ0v) is 17.6. The van der Waals surface area contributed by atoms with E-state index in [4.69, 9.17) is 9.63 Å². The van der Waals surface area contributed by atoms with Gasteiger partial charge in [-0.1, -0.05) is 24.6 Å². The van der Waals surface area contributed by atoms with E-state index in [2.05, 4.69) is 26.9 Å². The van der Waals surface area contributed by atoms with E-state index in [0.717, 1.165) is 29.8 Å². The number of pyridine rings is 1. The molecule has 0 saturated carbocycles. The Hall–Kier alpha value is -3.13. The van der Waals surface area contributed by atoms with Gasteiger partial charge in [0.1, 0.15) is 5.82 Å². The van der Waals surface area contributed by atoms with E-state index in [1.54, 1.807) is 12.1 Å². The molecule has 1 fully saturated rings. The Labute approximate surface area is 179 Å². The third kappa shape index (κ3) is 4.49. The summed E-state index contributed by atoms with van der Waals surface area (Å²) in [6.45, 7) is 5.63. The van der Waals surface area contributed by atoms with Gasteiger partial charge in [0, 0.05) is 42.0 Å². The lowest BCUT2D eigenvalue weighted by molar-refractivity contribution is -0.147. The fourth-order valence-corrected chi connectivity index (χ4v) is 3.83. The van der Waals surface area contributed by atoms with E-state index in [9.17, 15) is 9.18 Å². The van der Waals surface area contributed by atoms with Crippen LogP contribution in [0, 0.1) is 18.7 Å². The van der Waals surface area contributed by atoms with E-state index in [1.807, 2.05) is 19.1 Å². The maximum Gasteiger partial charge on any atom is 0.309 e. The van der Waals surface area contributed by atoms with Gasteiger partial charge in [-0.2, -0.15) is 4.98 Å². The Morgan fingerprint density at radius 2 is 2.03 bits per heavy atom. The van der Waals surface area contributed by atoms with E-state index >= 15 is 0 Å². The highest BCUT2D eigenvalue weighted by molar-refractivity contribution is 5.71. The van der Waals surface area contributed by atoms with Crippen molar-refractivity contribution in [3.8, 4) is 22.8 Å². The minimum absolute atomic E-state index is 0.260. The molecule has 1 N–H and O–H groups in total. The fourth-order valence-electron chi connectivity index (χ4n) is 3.83. The number of carboxylic acids is 1. The van der Waals surface area contributed by atoms with Crippen molar-refractivity contribution in [3.63, 3.8) is 0 Å². The molecule has 0 bridgehead atoms. The van der Waals surface area contributed by atoms with Gasteiger partial charge in [0.15, 0.2) is 0 Å². The fraction of sp³-hybridized carbons (Fsp3) is 0.391. The molecule has 8 heteroatoms. The van der Waals surface area contributed by atoms with Gasteiger partial charge in [-0.3, -0.25) is 14.7 Å². The summed E-state index contributed by atoms with van der Waals surface area (Å²) in [5.74, 6) is -0.594. The third-order valence-corrected chi connectivity index (χ3v) is 5.63. The average Bonchev–Trinajstić information content (AvgIpc) is 3.18. The molecule has 0 radical (unpaired) electrons. The number of hydrogen-bond acceptors (Lipinski definition) is 6. The van der Waals surface area contributed by atoms with Crippen LogP contribution < -0.4 is 0 Å². The van der Waals surface area contributed by atoms with Crippen molar-refractivity contribution >= 4 is 5.97 Å². The molecule has 0 spiro atoms. The van der Waals surface area contributed by atoms with Gasteiger partial charge in [0.05, 0.1) is 11.6 Å². The topological polar surface area (TPSA) is 92.4 Å². The molecular weight excluding hydrogens is 399 g/mol. The lowest BCUT2D eigenvalue weighted by Gasteiger charge is -2.36. The predicted molar refractivity (Wildman–Crippen MR) is 113 cm³/mol. The van der Waals surface area contributed by atoms with Crippen LogP contribution in [0.2, 0.25) is 0 Å². The van der Waals surface area contributed by atoms with E-state index in [-0.39, 0.29) is 11.7 Å². The zero-order valence-electron chi connectivity index (χ0n) is 17.6. The lowest BCUT2D eigenvalue weighted by Crippen LogP contribution is -2.49. The van der Waals surface area contributed by atoms with Crippen LogP contribution in [-0.2, 0) is 17.8 Å². The van der Waals surface area contributed by atoms with Crippen LogP contribution in [0.1, 0.15) is 36.7 Å². The number of nitrogens with zero attached hydrogens (tertiary/aromatic N) is 4. The molecule has 0 amide bonds. The molecule has 1 aromatic carbocycles. The summed E-state index contributed by atoms with van der Waals surface area (Å²) >= 11 is 0. The van der Waals surface area contributed by atoms with Crippen molar-refractivity contribution in [1.29, 1.82) is 0 Å². The van der Waals surface area contributed by atoms with Crippen LogP contribution in [0.3, 0.4) is 0 Å². The second-order valence-corrected chi connectivity index (χ2v) is 7.96. The number of aryl methyl sites for hydroxylation is 1. The molecule has 3 heterocycles. The van der Waals surface area contributed by atoms with Gasteiger partial charge in [-0.05, 0) is 44.0 Å². The summed E-state index contributed by atoms with van der Waals surface area (Å²) in [5.41, 5.74) is 3.59. The number of benzene rings is 1. The van der Waals surface area contributed by atoms with E-state index < -0.39 is 5.97 Å². The number of hydrogen-bond donors (Lipinski definition) is 1. The molecule has 4 rings (SSSR count). The van der Waals surface area contributed by atoms with Crippen molar-refractivity contribution in [3.05, 3.63) is 53.1 Å². The monoisotopic (exact) mass is 424 g/mol. The highest BCUT2D eigenvalue weighted by atomic mass is 19.1. The number of likely N-dealkylation sites (tertiary alicyclic amines) is 1. The van der Waals surface area contributed by atoms with Crippen molar-refractivity contribution in [2.45, 2.75) is 39.7 Å². The normalized spacial score (nSPS) is 14.5. The quantitative estimate of drug-likeness (QED) is 0.582. The minimum atomic E-state index is -0.750. The Morgan fingerprint density at radius 1 is 1.23 bits per heavy atom. The van der Waals surface area contributed by atoms with Gasteiger partial charge in [-0.25, -0.2) is 4.39 Å². The van der Waals surface area contributed by atoms with Crippen molar-refractivity contribution in [2.24, 2.45) is 5.92 Å². The van der Waals surface area contributed by atoms with Gasteiger partial charge < -0.3 is 9.63 Å². The summed E-state index contributed by atoms with van der Waals surface area (Å²) < 4.78 is 19.8. The van der Waals surface area contributed by atoms with E-state index in [1.165, 1.54) is 6.07 Å². The first-order valence-corrected chi connectivity index (χ1v) is 10.5. The van der Waals surface area contributed by atoms with Gasteiger partial charge >= 0.3 is 5.97 Å². The van der Waals surface area contributed by atoms with Crippen molar-refractivity contribution < 1.29 is 18.8 Å². The first-order chi connectivity index (χ1) is 15.0. The number of aromatic nitrogens is 3. The smallest absolute Gasteiger partial charge is 0.309 e. The SMILES string of the molecule is CCCCc1c(F)cccc1-c1nc(-c2ccc(CN3CC(C(=O)O)C3)nc2C)no1. The van der Waals surface area contributed by atoms with Crippen LogP contribution in [0.25, 0.3) is 22.8 Å². The predicted octanol–water partition coefficient (Wildman–Crippen LogP) is 4.11. The standard InChI is InChI=1S/C23H25FN4O3/c1-3-4-6-18-19(7-5-8-20(18)24)22-26-21(27-31-22)17-10-9-16(25-14(17)2)13-28-11-15(12-28)23(29)30/h5,7-10,15H,3-4,6,11-13H2,1-2H3,(H,29,30). The van der Waals surface area contributed by atoms with Crippen LogP contribution in [0.5, 0.6) is 0 Å². The molecule has 1 saturated heterocycles. The third-order valence-electron chi connectivity index (χ3n) is 5.63. The molecule has 3 aromatic rings. The Kier molecular flexibility index (Phi) is 6.08. The molecular formula is C23H25FN4O3. The largest absolute Gasteiger partial charge is 0.481 e. The first kappa shape index (κ1) is 21.1. The van der Waals surface area contributed by atoms with Crippen LogP contribution in [0.4, 0.5) is 4.39 Å². The summed E-state index contributed by atoms with van der Waals surface area (Å²) in [5, 5.41) is 13.1. The van der Waals surface area contributed by atoms with Gasteiger partial charge in [0.25, 0.3) is 5.89 Å². The molecule has 0 aliphatic carbocycles. The molecule has 31 heavy (non-hydrogen) atoms. The van der Waals surface area contributed by atoms with Crippen LogP contribution >= 0.6 is 0 Å². The Balaban J connectivity index is 1.52. The van der Waals surface area contributed by atoms with Crippen molar-refractivity contribution in [2.75, 3.05) is 13.1 Å². The molecule has 1 aliphatic heterocycles. The number of carboxylic acid groups (broad SMARTS) is 1. The number of halogens is 1. The summed E-state index contributed by atoms with van der Waals surface area (Å²) in [7, 11) is 0. The summed E-state index contributed by atoms with van der Waals surface area (Å²) in [4.78, 5) is 22.1. The van der Waals surface area contributed by atoms with Gasteiger partial charge in [0.2, 0.25) is 5.82 Å². The molecule has 7 nitrogen and oxygen atoms in total. The molecule has 1 aliphatic rings. The highest BCUT2D eigenvalue weighted by Crippen LogP contribution is 2.29. The number of unbranched alkanes of at least 4 members (excludes halogenated alkanes) is 1. The second kappa shape index (κ2) is 8.93. The minimum Gasteiger partial charge on any atom is -0.481 e. The van der Waals surface area contributed by atoms with Crippen molar-refractivity contribution in [1.82, 2.24) is 20.0 Å². The van der Waals surface area contributed by atoms with Gasteiger partial charge in [-0.15, -0.1) is 0 Å². The second-order valence-electron chi connectivity index (χ2n) is 7.96. The summed E-state index contributed by atoms with van der Waals surface area (Å²) in [6.07, 6.45) is 2.46.